The van der Waals surface area contributed by atoms with Crippen molar-refractivity contribution in [3.05, 3.63) is 29.8 Å². The van der Waals surface area contributed by atoms with Gasteiger partial charge in [-0.2, -0.15) is 0 Å². The van der Waals surface area contributed by atoms with Crippen LogP contribution in [0.5, 0.6) is 5.75 Å². The zero-order chi connectivity index (χ0) is 23.6. The summed E-state index contributed by atoms with van der Waals surface area (Å²) in [6, 6.07) is 8.04. The lowest BCUT2D eigenvalue weighted by Gasteiger charge is -2.44. The minimum atomic E-state index is -1.97. The summed E-state index contributed by atoms with van der Waals surface area (Å²) in [6.07, 6.45) is -1.24. The third-order valence-electron chi connectivity index (χ3n) is 6.63. The molecule has 1 aromatic carbocycles. The van der Waals surface area contributed by atoms with Gasteiger partial charge in [0, 0.05) is 19.8 Å². The Morgan fingerprint density at radius 2 is 1.71 bits per heavy atom. The molecule has 1 aliphatic heterocycles. The van der Waals surface area contributed by atoms with Gasteiger partial charge >= 0.3 is 11.9 Å². The number of hydrogen-bond acceptors (Lipinski definition) is 6. The number of carbonyl (C=O) groups excluding carboxylic acids is 2. The minimum Gasteiger partial charge on any atom is -0.543 e. The molecule has 6 nitrogen and oxygen atoms in total. The molecule has 0 aromatic heterocycles. The smallest absolute Gasteiger partial charge is 0.303 e. The molecule has 1 aliphatic rings. The molecule has 0 spiro atoms. The van der Waals surface area contributed by atoms with E-state index >= 15 is 0 Å². The lowest BCUT2D eigenvalue weighted by Crippen LogP contribution is -2.50. The van der Waals surface area contributed by atoms with Crippen molar-refractivity contribution in [3.8, 4) is 5.75 Å². The molecule has 0 radical (unpaired) electrons. The van der Waals surface area contributed by atoms with Gasteiger partial charge in [-0.05, 0) is 41.7 Å². The van der Waals surface area contributed by atoms with E-state index in [2.05, 4.69) is 40.8 Å². The second kappa shape index (κ2) is 9.73. The summed E-state index contributed by atoms with van der Waals surface area (Å²) >= 11 is 0. The van der Waals surface area contributed by atoms with Gasteiger partial charge in [-0.15, -0.1) is 0 Å². The largest absolute Gasteiger partial charge is 0.543 e. The topological polar surface area (TPSA) is 71.1 Å². The molecule has 0 bridgehead atoms. The van der Waals surface area contributed by atoms with Crippen LogP contribution < -0.4 is 4.43 Å². The van der Waals surface area contributed by atoms with Crippen LogP contribution >= 0.6 is 0 Å². The fourth-order valence-electron chi connectivity index (χ4n) is 3.60. The fourth-order valence-corrected chi connectivity index (χ4v) is 4.62. The van der Waals surface area contributed by atoms with Crippen molar-refractivity contribution in [1.29, 1.82) is 0 Å². The van der Waals surface area contributed by atoms with Crippen LogP contribution in [-0.2, 0) is 23.8 Å². The molecule has 1 fully saturated rings. The van der Waals surface area contributed by atoms with Crippen molar-refractivity contribution < 1.29 is 28.2 Å². The predicted octanol–water partition coefficient (Wildman–Crippen LogP) is 5.28. The lowest BCUT2D eigenvalue weighted by atomic mass is 9.79. The fraction of sp³-hybridized carbons (Fsp3) is 0.667. The average molecular weight is 451 g/mol. The van der Waals surface area contributed by atoms with Crippen molar-refractivity contribution in [2.45, 2.75) is 84.9 Å². The van der Waals surface area contributed by atoms with E-state index in [1.807, 2.05) is 31.2 Å². The van der Waals surface area contributed by atoms with Crippen LogP contribution in [0.25, 0.3) is 0 Å². The Bertz CT molecular complexity index is 785. The molecule has 0 unspecified atom stereocenters. The van der Waals surface area contributed by atoms with Crippen LogP contribution in [0.2, 0.25) is 18.1 Å². The van der Waals surface area contributed by atoms with Crippen LogP contribution in [-0.4, -0.2) is 39.1 Å². The molecule has 5 atom stereocenters. The highest BCUT2D eigenvalue weighted by Crippen LogP contribution is 2.43. The third-order valence-corrected chi connectivity index (χ3v) is 11.0. The first-order valence-corrected chi connectivity index (χ1v) is 13.9. The summed E-state index contributed by atoms with van der Waals surface area (Å²) in [4.78, 5) is 23.0. The lowest BCUT2D eigenvalue weighted by molar-refractivity contribution is -0.207. The quantitative estimate of drug-likeness (QED) is 0.434. The van der Waals surface area contributed by atoms with Gasteiger partial charge < -0.3 is 18.6 Å². The Hall–Kier alpha value is -1.86. The first-order chi connectivity index (χ1) is 14.2. The van der Waals surface area contributed by atoms with Crippen molar-refractivity contribution in [2.24, 2.45) is 11.8 Å². The maximum atomic E-state index is 11.7. The molecule has 0 N–H and O–H groups in total. The van der Waals surface area contributed by atoms with E-state index < -0.39 is 26.5 Å². The summed E-state index contributed by atoms with van der Waals surface area (Å²) in [7, 11) is -1.97. The van der Waals surface area contributed by atoms with Gasteiger partial charge in [-0.25, -0.2) is 0 Å². The zero-order valence-electron chi connectivity index (χ0n) is 20.4. The summed E-state index contributed by atoms with van der Waals surface area (Å²) in [6.45, 7) is 18.0. The Morgan fingerprint density at radius 1 is 1.06 bits per heavy atom. The normalized spacial score (nSPS) is 26.8. The van der Waals surface area contributed by atoms with Gasteiger partial charge in [0.15, 0.2) is 0 Å². The first kappa shape index (κ1) is 25.4. The number of rotatable bonds is 6. The third kappa shape index (κ3) is 6.32. The van der Waals surface area contributed by atoms with Gasteiger partial charge in [0.2, 0.25) is 8.32 Å². The van der Waals surface area contributed by atoms with Gasteiger partial charge in [-0.3, -0.25) is 9.59 Å². The number of carbonyl (C=O) groups is 2. The molecule has 1 aromatic rings. The maximum absolute atomic E-state index is 11.7. The number of esters is 2. The molecule has 0 amide bonds. The van der Waals surface area contributed by atoms with Crippen molar-refractivity contribution in [2.75, 3.05) is 6.61 Å². The zero-order valence-corrected chi connectivity index (χ0v) is 21.4. The Morgan fingerprint density at radius 3 is 2.26 bits per heavy atom. The van der Waals surface area contributed by atoms with E-state index in [1.165, 1.54) is 13.8 Å². The van der Waals surface area contributed by atoms with E-state index in [9.17, 15) is 9.59 Å². The summed E-state index contributed by atoms with van der Waals surface area (Å²) in [5.74, 6) is 0.182. The van der Waals surface area contributed by atoms with Crippen LogP contribution in [0.3, 0.4) is 0 Å². The summed E-state index contributed by atoms with van der Waals surface area (Å²) in [5.41, 5.74) is 1.00. The first-order valence-electron chi connectivity index (χ1n) is 11.0. The van der Waals surface area contributed by atoms with E-state index in [0.29, 0.717) is 0 Å². The number of benzene rings is 1. The van der Waals surface area contributed by atoms with Crippen molar-refractivity contribution >= 4 is 20.3 Å². The molecule has 7 heteroatoms. The van der Waals surface area contributed by atoms with E-state index in [4.69, 9.17) is 18.6 Å². The van der Waals surface area contributed by atoms with Crippen LogP contribution in [0.4, 0.5) is 0 Å². The van der Waals surface area contributed by atoms with Crippen LogP contribution in [0.1, 0.15) is 60.1 Å². The van der Waals surface area contributed by atoms with E-state index in [1.54, 1.807) is 0 Å². The molecule has 31 heavy (non-hydrogen) atoms. The SMILES string of the molecule is CC(=O)OC[C@H]1O[C@H](c2cccc(O[Si](C)(C)C(C)(C)C)c2)[C@@H](C)[C@@H](C)[C@@H]1OC(C)=O. The summed E-state index contributed by atoms with van der Waals surface area (Å²) in [5, 5.41) is 0.0958. The molecule has 0 aliphatic carbocycles. The van der Waals surface area contributed by atoms with Gasteiger partial charge in [-0.1, -0.05) is 46.8 Å². The highest BCUT2D eigenvalue weighted by atomic mass is 28.4. The number of hydrogen-bond donors (Lipinski definition) is 0. The monoisotopic (exact) mass is 450 g/mol. The van der Waals surface area contributed by atoms with Crippen LogP contribution in [0.15, 0.2) is 24.3 Å². The molecule has 174 valence electrons. The van der Waals surface area contributed by atoms with Crippen LogP contribution in [0, 0.1) is 11.8 Å². The highest BCUT2D eigenvalue weighted by molar-refractivity contribution is 6.74. The molecule has 1 heterocycles. The predicted molar refractivity (Wildman–Crippen MR) is 122 cm³/mol. The highest BCUT2D eigenvalue weighted by Gasteiger charge is 2.45. The van der Waals surface area contributed by atoms with Crippen molar-refractivity contribution in [3.63, 3.8) is 0 Å². The Labute approximate surface area is 187 Å². The van der Waals surface area contributed by atoms with Gasteiger partial charge in [0.1, 0.15) is 24.6 Å². The van der Waals surface area contributed by atoms with Crippen molar-refractivity contribution in [1.82, 2.24) is 0 Å². The Kier molecular flexibility index (Phi) is 7.98. The second-order valence-corrected chi connectivity index (χ2v) is 14.8. The molecule has 0 saturated carbocycles. The Balaban J connectivity index is 2.30. The minimum absolute atomic E-state index is 0.0215. The summed E-state index contributed by atoms with van der Waals surface area (Å²) < 4.78 is 23.6. The molecule has 2 rings (SSSR count). The molecular weight excluding hydrogens is 412 g/mol. The van der Waals surface area contributed by atoms with Gasteiger partial charge in [0.25, 0.3) is 0 Å². The molecular formula is C24H38O6Si. The maximum Gasteiger partial charge on any atom is 0.303 e. The standard InChI is InChI=1S/C24H38O6Si/c1-15-16(2)23(28-18(4)26)21(14-27-17(3)25)29-22(15)19-11-10-12-20(13-19)30-31(8,9)24(5,6)7/h10-13,15-16,21-23H,14H2,1-9H3/t15-,16+,21+,22-,23-/m0/s1. The average Bonchev–Trinajstić information content (AvgIpc) is 2.63. The second-order valence-electron chi connectivity index (χ2n) is 10.1. The van der Waals surface area contributed by atoms with Gasteiger partial charge in [0.05, 0.1) is 6.10 Å². The number of ether oxygens (including phenoxy) is 3. The van der Waals surface area contributed by atoms with E-state index in [0.717, 1.165) is 11.3 Å². The molecule has 1 saturated heterocycles. The van der Waals surface area contributed by atoms with E-state index in [-0.39, 0.29) is 35.6 Å².